The summed E-state index contributed by atoms with van der Waals surface area (Å²) >= 11 is 1.65. The summed E-state index contributed by atoms with van der Waals surface area (Å²) in [4.78, 5) is 4.59. The van der Waals surface area contributed by atoms with Gasteiger partial charge in [-0.05, 0) is 24.3 Å². The van der Waals surface area contributed by atoms with Crippen molar-refractivity contribution >= 4 is 21.6 Å². The van der Waals surface area contributed by atoms with E-state index in [1.54, 1.807) is 18.4 Å². The Morgan fingerprint density at radius 2 is 2.15 bits per heavy atom. The highest BCUT2D eigenvalue weighted by Crippen LogP contribution is 2.30. The molecular formula is C15H16N2O2S. The molecule has 0 atom stereocenters. The number of hydrogen-bond acceptors (Lipinski definition) is 5. The van der Waals surface area contributed by atoms with Crippen LogP contribution in [-0.2, 0) is 11.3 Å². The summed E-state index contributed by atoms with van der Waals surface area (Å²) in [6, 6.07) is 12.1. The third-order valence-corrected chi connectivity index (χ3v) is 4.00. The second-order valence-corrected chi connectivity index (χ2v) is 5.45. The average Bonchev–Trinajstić information content (AvgIpc) is 3.09. The van der Waals surface area contributed by atoms with E-state index in [9.17, 15) is 0 Å². The van der Waals surface area contributed by atoms with Crippen molar-refractivity contribution in [2.24, 2.45) is 0 Å². The molecule has 20 heavy (non-hydrogen) atoms. The summed E-state index contributed by atoms with van der Waals surface area (Å²) in [6.07, 6.45) is 0. The minimum atomic E-state index is 0.700. The second kappa shape index (κ2) is 6.17. The van der Waals surface area contributed by atoms with Gasteiger partial charge in [0.1, 0.15) is 5.76 Å². The Hall–Kier alpha value is -1.69. The molecule has 0 aliphatic carbocycles. The number of aromatic nitrogens is 1. The molecule has 0 saturated carbocycles. The molecule has 0 amide bonds. The number of fused-ring (bicyclic) bond motifs is 1. The lowest BCUT2D eigenvalue weighted by Gasteiger charge is -2.00. The van der Waals surface area contributed by atoms with Crippen molar-refractivity contribution in [2.75, 3.05) is 20.3 Å². The van der Waals surface area contributed by atoms with E-state index in [-0.39, 0.29) is 0 Å². The van der Waals surface area contributed by atoms with Crippen molar-refractivity contribution in [1.82, 2.24) is 10.3 Å². The Kier molecular flexibility index (Phi) is 4.11. The van der Waals surface area contributed by atoms with Gasteiger partial charge in [-0.1, -0.05) is 12.1 Å². The van der Waals surface area contributed by atoms with Crippen LogP contribution in [0, 0.1) is 0 Å². The van der Waals surface area contributed by atoms with E-state index in [2.05, 4.69) is 16.4 Å². The monoisotopic (exact) mass is 288 g/mol. The molecule has 3 rings (SSSR count). The minimum absolute atomic E-state index is 0.700. The molecule has 0 fully saturated rings. The molecule has 0 saturated heterocycles. The molecule has 3 aromatic rings. The molecule has 0 unspecified atom stereocenters. The van der Waals surface area contributed by atoms with Gasteiger partial charge in [0.15, 0.2) is 10.8 Å². The number of furan rings is 1. The number of ether oxygens (including phenoxy) is 1. The average molecular weight is 288 g/mol. The fourth-order valence-corrected chi connectivity index (χ4v) is 2.88. The summed E-state index contributed by atoms with van der Waals surface area (Å²) in [6.45, 7) is 2.22. The van der Waals surface area contributed by atoms with Crippen LogP contribution in [0.15, 0.2) is 40.8 Å². The van der Waals surface area contributed by atoms with E-state index in [4.69, 9.17) is 9.15 Å². The van der Waals surface area contributed by atoms with Crippen LogP contribution in [0.5, 0.6) is 0 Å². The summed E-state index contributed by atoms with van der Waals surface area (Å²) in [5.41, 5.74) is 1.02. The predicted molar refractivity (Wildman–Crippen MR) is 80.9 cm³/mol. The Bertz CT molecular complexity index is 657. The van der Waals surface area contributed by atoms with E-state index in [1.165, 1.54) is 4.70 Å². The summed E-state index contributed by atoms with van der Waals surface area (Å²) in [5.74, 6) is 1.74. The Morgan fingerprint density at radius 1 is 1.25 bits per heavy atom. The van der Waals surface area contributed by atoms with Gasteiger partial charge in [-0.3, -0.25) is 0 Å². The summed E-state index contributed by atoms with van der Waals surface area (Å²) in [5, 5.41) is 4.18. The smallest absolute Gasteiger partial charge is 0.163 e. The van der Waals surface area contributed by atoms with Gasteiger partial charge in [0.05, 0.1) is 23.4 Å². The van der Waals surface area contributed by atoms with E-state index in [0.29, 0.717) is 13.2 Å². The van der Waals surface area contributed by atoms with Crippen molar-refractivity contribution in [3.8, 4) is 10.8 Å². The van der Waals surface area contributed by atoms with E-state index < -0.39 is 0 Å². The van der Waals surface area contributed by atoms with Gasteiger partial charge in [0.25, 0.3) is 0 Å². The van der Waals surface area contributed by atoms with Crippen LogP contribution in [0.1, 0.15) is 5.76 Å². The van der Waals surface area contributed by atoms with Gasteiger partial charge in [0, 0.05) is 13.7 Å². The number of nitrogens with one attached hydrogen (secondary N) is 1. The van der Waals surface area contributed by atoms with Crippen LogP contribution in [-0.4, -0.2) is 25.2 Å². The number of benzene rings is 1. The number of nitrogens with zero attached hydrogens (tertiary/aromatic N) is 1. The number of methoxy groups -OCH3 is 1. The SMILES string of the molecule is COCCNCc1ccc(-c2nc3ccccc3s2)o1. The van der Waals surface area contributed by atoms with Crippen molar-refractivity contribution < 1.29 is 9.15 Å². The Morgan fingerprint density at radius 3 is 3.00 bits per heavy atom. The molecule has 0 spiro atoms. The minimum Gasteiger partial charge on any atom is -0.457 e. The first-order chi connectivity index (χ1) is 9.86. The highest BCUT2D eigenvalue weighted by Gasteiger charge is 2.10. The van der Waals surface area contributed by atoms with Gasteiger partial charge in [-0.25, -0.2) is 4.98 Å². The lowest BCUT2D eigenvalue weighted by molar-refractivity contribution is 0.198. The van der Waals surface area contributed by atoms with E-state index in [1.807, 2.05) is 30.3 Å². The molecule has 104 valence electrons. The quantitative estimate of drug-likeness (QED) is 0.707. The molecule has 0 aliphatic rings. The number of para-hydroxylation sites is 1. The fourth-order valence-electron chi connectivity index (χ4n) is 1.95. The van der Waals surface area contributed by atoms with Crippen molar-refractivity contribution in [1.29, 1.82) is 0 Å². The highest BCUT2D eigenvalue weighted by molar-refractivity contribution is 7.21. The molecule has 0 aliphatic heterocycles. The van der Waals surface area contributed by atoms with Gasteiger partial charge in [-0.15, -0.1) is 11.3 Å². The predicted octanol–water partition coefficient (Wildman–Crippen LogP) is 3.29. The van der Waals surface area contributed by atoms with Crippen LogP contribution >= 0.6 is 11.3 Å². The maximum Gasteiger partial charge on any atom is 0.163 e. The summed E-state index contributed by atoms with van der Waals surface area (Å²) < 4.78 is 12.0. The Labute approximate surface area is 121 Å². The third kappa shape index (κ3) is 2.90. The number of hydrogen-bond donors (Lipinski definition) is 1. The molecule has 2 heterocycles. The van der Waals surface area contributed by atoms with E-state index in [0.717, 1.165) is 28.6 Å². The topological polar surface area (TPSA) is 47.3 Å². The molecule has 5 heteroatoms. The summed E-state index contributed by atoms with van der Waals surface area (Å²) in [7, 11) is 1.69. The zero-order chi connectivity index (χ0) is 13.8. The Balaban J connectivity index is 1.72. The highest BCUT2D eigenvalue weighted by atomic mass is 32.1. The normalized spacial score (nSPS) is 11.2. The number of thiazole rings is 1. The standard InChI is InChI=1S/C15H16N2O2S/c1-18-9-8-16-10-11-6-7-13(19-11)15-17-12-4-2-3-5-14(12)20-15/h2-7,16H,8-10H2,1H3. The number of rotatable bonds is 6. The van der Waals surface area contributed by atoms with E-state index >= 15 is 0 Å². The maximum absolute atomic E-state index is 5.82. The van der Waals surface area contributed by atoms with Crippen LogP contribution in [0.3, 0.4) is 0 Å². The van der Waals surface area contributed by atoms with Crippen LogP contribution in [0.2, 0.25) is 0 Å². The molecule has 1 N–H and O–H groups in total. The lowest BCUT2D eigenvalue weighted by atomic mass is 10.3. The molecule has 0 bridgehead atoms. The maximum atomic E-state index is 5.82. The first-order valence-corrected chi connectivity index (χ1v) is 7.33. The van der Waals surface area contributed by atoms with Crippen molar-refractivity contribution in [3.63, 3.8) is 0 Å². The largest absolute Gasteiger partial charge is 0.457 e. The molecule has 1 aromatic carbocycles. The molecule has 0 radical (unpaired) electrons. The van der Waals surface area contributed by atoms with Gasteiger partial charge >= 0.3 is 0 Å². The first-order valence-electron chi connectivity index (χ1n) is 6.51. The third-order valence-electron chi connectivity index (χ3n) is 2.95. The zero-order valence-corrected chi connectivity index (χ0v) is 12.1. The zero-order valence-electron chi connectivity index (χ0n) is 11.3. The van der Waals surface area contributed by atoms with Crippen molar-refractivity contribution in [2.45, 2.75) is 6.54 Å². The fraction of sp³-hybridized carbons (Fsp3) is 0.267. The van der Waals surface area contributed by atoms with Crippen LogP contribution < -0.4 is 5.32 Å². The molecule has 4 nitrogen and oxygen atoms in total. The second-order valence-electron chi connectivity index (χ2n) is 4.42. The van der Waals surface area contributed by atoms with Crippen LogP contribution in [0.25, 0.3) is 21.0 Å². The molecule has 2 aromatic heterocycles. The van der Waals surface area contributed by atoms with Gasteiger partial charge in [-0.2, -0.15) is 0 Å². The first kappa shape index (κ1) is 13.3. The van der Waals surface area contributed by atoms with Crippen LogP contribution in [0.4, 0.5) is 0 Å². The lowest BCUT2D eigenvalue weighted by Crippen LogP contribution is -2.18. The molecular weight excluding hydrogens is 272 g/mol. The van der Waals surface area contributed by atoms with Gasteiger partial charge in [0.2, 0.25) is 0 Å². The van der Waals surface area contributed by atoms with Crippen molar-refractivity contribution in [3.05, 3.63) is 42.2 Å². The van der Waals surface area contributed by atoms with Gasteiger partial charge < -0.3 is 14.5 Å².